The number of phenols is 1. The minimum absolute atomic E-state index is 0.144. The van der Waals surface area contributed by atoms with Crippen molar-refractivity contribution < 1.29 is 9.84 Å². The average molecular weight is 255 g/mol. The van der Waals surface area contributed by atoms with Crippen molar-refractivity contribution in [3.63, 3.8) is 0 Å². The summed E-state index contributed by atoms with van der Waals surface area (Å²) in [5.74, 6) is 1.45. The molecule has 0 aliphatic carbocycles. The zero-order valence-electron chi connectivity index (χ0n) is 10.7. The molecule has 0 bridgehead atoms. The van der Waals surface area contributed by atoms with Crippen LogP contribution < -0.4 is 4.74 Å². The number of ether oxygens (including phenoxy) is 1. The fraction of sp³-hybridized carbons (Fsp3) is 0.143. The van der Waals surface area contributed by atoms with Crippen LogP contribution in [-0.2, 0) is 7.05 Å². The van der Waals surface area contributed by atoms with Crippen molar-refractivity contribution in [2.75, 3.05) is 7.11 Å². The summed E-state index contributed by atoms with van der Waals surface area (Å²) in [6.07, 6.45) is 3.46. The van der Waals surface area contributed by atoms with E-state index in [1.165, 1.54) is 0 Å². The second-order valence-corrected chi connectivity index (χ2v) is 4.24. The van der Waals surface area contributed by atoms with E-state index < -0.39 is 0 Å². The molecule has 0 aliphatic rings. The zero-order chi connectivity index (χ0) is 13.4. The molecule has 1 N–H and O–H groups in total. The molecule has 2 aromatic heterocycles. The van der Waals surface area contributed by atoms with E-state index >= 15 is 0 Å². The van der Waals surface area contributed by atoms with Crippen LogP contribution in [0.4, 0.5) is 0 Å². The molecule has 0 aliphatic heterocycles. The summed E-state index contributed by atoms with van der Waals surface area (Å²) in [5.41, 5.74) is 2.44. The van der Waals surface area contributed by atoms with Crippen molar-refractivity contribution in [3.05, 3.63) is 36.7 Å². The van der Waals surface area contributed by atoms with Gasteiger partial charge in [0.1, 0.15) is 17.3 Å². The minimum atomic E-state index is 0.144. The van der Waals surface area contributed by atoms with E-state index in [2.05, 4.69) is 9.97 Å². The van der Waals surface area contributed by atoms with Crippen molar-refractivity contribution in [2.24, 2.45) is 7.05 Å². The SMILES string of the molecule is COc1ccc(-c2nc3ccncc3n2C)c(O)c1. The van der Waals surface area contributed by atoms with E-state index in [1.807, 2.05) is 17.7 Å². The van der Waals surface area contributed by atoms with Crippen LogP contribution in [0.15, 0.2) is 36.7 Å². The van der Waals surface area contributed by atoms with Crippen LogP contribution in [0.1, 0.15) is 0 Å². The quantitative estimate of drug-likeness (QED) is 0.763. The highest BCUT2D eigenvalue weighted by Crippen LogP contribution is 2.32. The summed E-state index contributed by atoms with van der Waals surface area (Å²) >= 11 is 0. The molecule has 5 nitrogen and oxygen atoms in total. The number of benzene rings is 1. The van der Waals surface area contributed by atoms with E-state index in [1.54, 1.807) is 37.7 Å². The number of hydrogen-bond donors (Lipinski definition) is 1. The second kappa shape index (κ2) is 4.28. The highest BCUT2D eigenvalue weighted by atomic mass is 16.5. The Morgan fingerprint density at radius 3 is 2.79 bits per heavy atom. The van der Waals surface area contributed by atoms with Crippen LogP contribution in [-0.4, -0.2) is 26.8 Å². The van der Waals surface area contributed by atoms with E-state index in [4.69, 9.17) is 4.74 Å². The summed E-state index contributed by atoms with van der Waals surface area (Å²) in [5, 5.41) is 10.1. The Bertz CT molecular complexity index is 750. The molecule has 2 heterocycles. The molecule has 3 rings (SSSR count). The first-order valence-corrected chi connectivity index (χ1v) is 5.84. The van der Waals surface area contributed by atoms with Gasteiger partial charge in [-0.2, -0.15) is 0 Å². The topological polar surface area (TPSA) is 60.2 Å². The largest absolute Gasteiger partial charge is 0.507 e. The molecule has 19 heavy (non-hydrogen) atoms. The summed E-state index contributed by atoms with van der Waals surface area (Å²) < 4.78 is 6.98. The number of pyridine rings is 1. The van der Waals surface area contributed by atoms with Gasteiger partial charge in [0.05, 0.1) is 29.9 Å². The molecule has 5 heteroatoms. The average Bonchev–Trinajstić information content (AvgIpc) is 2.76. The van der Waals surface area contributed by atoms with E-state index in [0.29, 0.717) is 17.1 Å². The molecule has 0 atom stereocenters. The van der Waals surface area contributed by atoms with Crippen LogP contribution in [0.5, 0.6) is 11.5 Å². The fourth-order valence-corrected chi connectivity index (χ4v) is 2.10. The van der Waals surface area contributed by atoms with Gasteiger partial charge in [-0.15, -0.1) is 0 Å². The lowest BCUT2D eigenvalue weighted by molar-refractivity contribution is 0.408. The molecule has 0 saturated heterocycles. The summed E-state index contributed by atoms with van der Waals surface area (Å²) in [6, 6.07) is 7.02. The molecule has 0 unspecified atom stereocenters. The van der Waals surface area contributed by atoms with Crippen LogP contribution in [0.2, 0.25) is 0 Å². The molecule has 3 aromatic rings. The van der Waals surface area contributed by atoms with Crippen LogP contribution in [0, 0.1) is 0 Å². The number of phenolic OH excluding ortho intramolecular Hbond substituents is 1. The maximum Gasteiger partial charge on any atom is 0.144 e. The van der Waals surface area contributed by atoms with Gasteiger partial charge in [0.25, 0.3) is 0 Å². The van der Waals surface area contributed by atoms with Crippen molar-refractivity contribution in [1.82, 2.24) is 14.5 Å². The number of methoxy groups -OCH3 is 1. The summed E-state index contributed by atoms with van der Waals surface area (Å²) in [7, 11) is 3.46. The molecular weight excluding hydrogens is 242 g/mol. The van der Waals surface area contributed by atoms with Gasteiger partial charge in [0.2, 0.25) is 0 Å². The Labute approximate surface area is 110 Å². The predicted molar refractivity (Wildman–Crippen MR) is 72.2 cm³/mol. The number of hydrogen-bond acceptors (Lipinski definition) is 4. The highest BCUT2D eigenvalue weighted by Gasteiger charge is 2.13. The van der Waals surface area contributed by atoms with Gasteiger partial charge >= 0.3 is 0 Å². The Morgan fingerprint density at radius 1 is 1.26 bits per heavy atom. The van der Waals surface area contributed by atoms with Gasteiger partial charge in [0.15, 0.2) is 0 Å². The van der Waals surface area contributed by atoms with Crippen molar-refractivity contribution in [3.8, 4) is 22.9 Å². The second-order valence-electron chi connectivity index (χ2n) is 4.24. The zero-order valence-corrected chi connectivity index (χ0v) is 10.7. The van der Waals surface area contributed by atoms with Gasteiger partial charge in [-0.25, -0.2) is 4.98 Å². The molecule has 96 valence electrons. The predicted octanol–water partition coefficient (Wildman–Crippen LogP) is 2.35. The lowest BCUT2D eigenvalue weighted by Crippen LogP contribution is -1.93. The number of aryl methyl sites for hydroxylation is 1. The number of aromatic nitrogens is 3. The molecule has 0 saturated carbocycles. The van der Waals surface area contributed by atoms with Crippen molar-refractivity contribution in [2.45, 2.75) is 0 Å². The highest BCUT2D eigenvalue weighted by molar-refractivity contribution is 5.81. The Balaban J connectivity index is 2.21. The first-order chi connectivity index (χ1) is 9.20. The number of nitrogens with zero attached hydrogens (tertiary/aromatic N) is 3. The Kier molecular flexibility index (Phi) is 2.59. The lowest BCUT2D eigenvalue weighted by Gasteiger charge is -2.06. The van der Waals surface area contributed by atoms with Gasteiger partial charge in [-0.05, 0) is 18.2 Å². The third-order valence-corrected chi connectivity index (χ3v) is 3.13. The van der Waals surface area contributed by atoms with Gasteiger partial charge in [-0.3, -0.25) is 4.98 Å². The molecule has 0 amide bonds. The van der Waals surface area contributed by atoms with E-state index in [-0.39, 0.29) is 5.75 Å². The monoisotopic (exact) mass is 255 g/mol. The summed E-state index contributed by atoms with van der Waals surface area (Å²) in [6.45, 7) is 0. The van der Waals surface area contributed by atoms with Crippen molar-refractivity contribution >= 4 is 11.0 Å². The maximum absolute atomic E-state index is 10.1. The number of aromatic hydroxyl groups is 1. The van der Waals surface area contributed by atoms with Gasteiger partial charge in [0, 0.05) is 19.3 Å². The summed E-state index contributed by atoms with van der Waals surface area (Å²) in [4.78, 5) is 8.61. The standard InChI is InChI=1S/C14H13N3O2/c1-17-12-8-15-6-5-11(12)16-14(17)10-4-3-9(19-2)7-13(10)18/h3-8,18H,1-2H3. The smallest absolute Gasteiger partial charge is 0.144 e. The minimum Gasteiger partial charge on any atom is -0.507 e. The van der Waals surface area contributed by atoms with Gasteiger partial charge in [-0.1, -0.05) is 0 Å². The molecule has 0 radical (unpaired) electrons. The third-order valence-electron chi connectivity index (χ3n) is 3.13. The molecule has 0 spiro atoms. The maximum atomic E-state index is 10.1. The third kappa shape index (κ3) is 1.79. The van der Waals surface area contributed by atoms with Crippen LogP contribution in [0.3, 0.4) is 0 Å². The molecule has 0 fully saturated rings. The van der Waals surface area contributed by atoms with Crippen LogP contribution in [0.25, 0.3) is 22.4 Å². The number of rotatable bonds is 2. The number of imidazole rings is 1. The Morgan fingerprint density at radius 2 is 2.11 bits per heavy atom. The van der Waals surface area contributed by atoms with E-state index in [0.717, 1.165) is 11.0 Å². The van der Waals surface area contributed by atoms with Crippen LogP contribution >= 0.6 is 0 Å². The molecular formula is C14H13N3O2. The normalized spacial score (nSPS) is 10.8. The van der Waals surface area contributed by atoms with Crippen molar-refractivity contribution in [1.29, 1.82) is 0 Å². The molecule has 1 aromatic carbocycles. The van der Waals surface area contributed by atoms with E-state index in [9.17, 15) is 5.11 Å². The fourth-order valence-electron chi connectivity index (χ4n) is 2.10. The Hall–Kier alpha value is -2.56. The lowest BCUT2D eigenvalue weighted by atomic mass is 10.2. The number of fused-ring (bicyclic) bond motifs is 1. The van der Waals surface area contributed by atoms with Gasteiger partial charge < -0.3 is 14.4 Å². The first-order valence-electron chi connectivity index (χ1n) is 5.84. The first kappa shape index (κ1) is 11.5.